The van der Waals surface area contributed by atoms with Crippen molar-refractivity contribution in [2.75, 3.05) is 13.1 Å². The molecule has 0 spiro atoms. The number of carbonyl (C=O) groups is 1. The van der Waals surface area contributed by atoms with Gasteiger partial charge in [0.25, 0.3) is 0 Å². The zero-order valence-electron chi connectivity index (χ0n) is 11.5. The monoisotopic (exact) mass is 238 g/mol. The highest BCUT2D eigenvalue weighted by Gasteiger charge is 2.31. The number of likely N-dealkylation sites (tertiary alicyclic amines) is 1. The Morgan fingerprint density at radius 1 is 1.24 bits per heavy atom. The van der Waals surface area contributed by atoms with Gasteiger partial charge in [-0.15, -0.1) is 0 Å². The fraction of sp³-hybridized carbons (Fsp3) is 0.929. The van der Waals surface area contributed by atoms with Gasteiger partial charge < -0.3 is 10.2 Å². The Kier molecular flexibility index (Phi) is 3.76. The van der Waals surface area contributed by atoms with Crippen LogP contribution in [0, 0.1) is 5.41 Å². The maximum Gasteiger partial charge on any atom is 0.222 e. The van der Waals surface area contributed by atoms with E-state index in [4.69, 9.17) is 0 Å². The van der Waals surface area contributed by atoms with E-state index < -0.39 is 0 Å². The van der Waals surface area contributed by atoms with Gasteiger partial charge in [-0.25, -0.2) is 0 Å². The van der Waals surface area contributed by atoms with Crippen molar-refractivity contribution in [2.45, 2.75) is 65.0 Å². The summed E-state index contributed by atoms with van der Waals surface area (Å²) in [4.78, 5) is 14.3. The summed E-state index contributed by atoms with van der Waals surface area (Å²) in [5, 5.41) is 3.62. The lowest BCUT2D eigenvalue weighted by atomic mass is 9.90. The summed E-state index contributed by atoms with van der Waals surface area (Å²) in [6.07, 6.45) is 5.38. The molecule has 2 aliphatic heterocycles. The molecule has 0 saturated carbocycles. The van der Waals surface area contributed by atoms with Gasteiger partial charge in [0.1, 0.15) is 0 Å². The van der Waals surface area contributed by atoms with Crippen LogP contribution >= 0.6 is 0 Å². The molecular weight excluding hydrogens is 212 g/mol. The summed E-state index contributed by atoms with van der Waals surface area (Å²) in [6, 6.07) is 1.22. The summed E-state index contributed by atoms with van der Waals surface area (Å²) >= 11 is 0. The Morgan fingerprint density at radius 2 is 1.94 bits per heavy atom. The maximum atomic E-state index is 12.2. The van der Waals surface area contributed by atoms with Gasteiger partial charge in [-0.3, -0.25) is 4.79 Å². The number of nitrogens with one attached hydrogen (secondary N) is 1. The summed E-state index contributed by atoms with van der Waals surface area (Å²) in [5.74, 6) is 0.356. The minimum Gasteiger partial charge on any atom is -0.341 e. The molecule has 0 aromatic carbocycles. The van der Waals surface area contributed by atoms with Gasteiger partial charge in [-0.05, 0) is 31.1 Å². The Morgan fingerprint density at radius 3 is 2.65 bits per heavy atom. The van der Waals surface area contributed by atoms with Crippen LogP contribution in [0.3, 0.4) is 0 Å². The van der Waals surface area contributed by atoms with Crippen molar-refractivity contribution in [3.8, 4) is 0 Å². The molecule has 1 N–H and O–H groups in total. The molecule has 0 aromatic rings. The van der Waals surface area contributed by atoms with Crippen LogP contribution in [0.2, 0.25) is 0 Å². The Balaban J connectivity index is 1.83. The van der Waals surface area contributed by atoms with Crippen LogP contribution in [0.25, 0.3) is 0 Å². The molecular formula is C14H26N2O. The van der Waals surface area contributed by atoms with Crippen molar-refractivity contribution in [3.05, 3.63) is 0 Å². The van der Waals surface area contributed by atoms with Crippen molar-refractivity contribution in [1.29, 1.82) is 0 Å². The number of fused-ring (bicyclic) bond motifs is 2. The van der Waals surface area contributed by atoms with E-state index in [1.807, 2.05) is 0 Å². The van der Waals surface area contributed by atoms with Gasteiger partial charge in [0.15, 0.2) is 0 Å². The Labute approximate surface area is 105 Å². The molecule has 2 saturated heterocycles. The van der Waals surface area contributed by atoms with Crippen LogP contribution in [0.15, 0.2) is 0 Å². The second kappa shape index (κ2) is 4.97. The number of hydrogen-bond donors (Lipinski definition) is 1. The average molecular weight is 238 g/mol. The number of rotatable bonds is 2. The minimum atomic E-state index is 0.263. The van der Waals surface area contributed by atoms with Crippen LogP contribution in [-0.2, 0) is 4.79 Å². The van der Waals surface area contributed by atoms with Crippen molar-refractivity contribution in [2.24, 2.45) is 5.41 Å². The summed E-state index contributed by atoms with van der Waals surface area (Å²) in [7, 11) is 0. The normalized spacial score (nSPS) is 29.2. The molecule has 3 nitrogen and oxygen atoms in total. The highest BCUT2D eigenvalue weighted by atomic mass is 16.2. The molecule has 2 atom stereocenters. The minimum absolute atomic E-state index is 0.263. The average Bonchev–Trinajstić information content (AvgIpc) is 2.54. The second-order valence-electron chi connectivity index (χ2n) is 6.83. The van der Waals surface area contributed by atoms with Crippen molar-refractivity contribution in [3.63, 3.8) is 0 Å². The first-order valence-electron chi connectivity index (χ1n) is 6.98. The lowest BCUT2D eigenvalue weighted by molar-refractivity contribution is -0.132. The second-order valence-corrected chi connectivity index (χ2v) is 6.83. The van der Waals surface area contributed by atoms with Gasteiger partial charge in [-0.1, -0.05) is 20.8 Å². The topological polar surface area (TPSA) is 32.3 Å². The Bertz CT molecular complexity index is 282. The van der Waals surface area contributed by atoms with Gasteiger partial charge in [-0.2, -0.15) is 0 Å². The van der Waals surface area contributed by atoms with Crippen LogP contribution in [0.1, 0.15) is 52.9 Å². The lowest BCUT2D eigenvalue weighted by Gasteiger charge is -2.26. The zero-order valence-corrected chi connectivity index (χ0v) is 11.5. The largest absolute Gasteiger partial charge is 0.341 e. The summed E-state index contributed by atoms with van der Waals surface area (Å²) < 4.78 is 0. The van der Waals surface area contributed by atoms with Gasteiger partial charge >= 0.3 is 0 Å². The molecule has 0 radical (unpaired) electrons. The van der Waals surface area contributed by atoms with E-state index in [2.05, 4.69) is 31.0 Å². The van der Waals surface area contributed by atoms with E-state index in [1.54, 1.807) is 0 Å². The third-order valence-electron chi connectivity index (χ3n) is 3.96. The third kappa shape index (κ3) is 3.70. The smallest absolute Gasteiger partial charge is 0.222 e. The lowest BCUT2D eigenvalue weighted by Crippen LogP contribution is -2.39. The predicted molar refractivity (Wildman–Crippen MR) is 69.8 cm³/mol. The quantitative estimate of drug-likeness (QED) is 0.799. The van der Waals surface area contributed by atoms with Crippen LogP contribution in [-0.4, -0.2) is 36.0 Å². The van der Waals surface area contributed by atoms with Crippen LogP contribution < -0.4 is 5.32 Å². The first-order valence-corrected chi connectivity index (χ1v) is 6.98. The predicted octanol–water partition coefficient (Wildman–Crippen LogP) is 2.17. The number of amides is 1. The number of carbonyl (C=O) groups excluding carboxylic acids is 1. The molecule has 2 bridgehead atoms. The molecule has 2 rings (SSSR count). The summed E-state index contributed by atoms with van der Waals surface area (Å²) in [6.45, 7) is 8.49. The number of nitrogens with zero attached hydrogens (tertiary/aromatic N) is 1. The van der Waals surface area contributed by atoms with E-state index in [0.29, 0.717) is 24.4 Å². The zero-order chi connectivity index (χ0) is 12.5. The summed E-state index contributed by atoms with van der Waals surface area (Å²) in [5.41, 5.74) is 0.263. The van der Waals surface area contributed by atoms with Gasteiger partial charge in [0.05, 0.1) is 0 Å². The molecule has 2 heterocycles. The van der Waals surface area contributed by atoms with E-state index in [9.17, 15) is 4.79 Å². The highest BCUT2D eigenvalue weighted by Crippen LogP contribution is 2.24. The SMILES string of the molecule is CC(C)(C)CCC(=O)N1CCC2CCC(C1)N2. The van der Waals surface area contributed by atoms with Crippen LogP contribution in [0.4, 0.5) is 0 Å². The first kappa shape index (κ1) is 12.9. The van der Waals surface area contributed by atoms with Gasteiger partial charge in [0, 0.05) is 31.6 Å². The van der Waals surface area contributed by atoms with E-state index in [-0.39, 0.29) is 5.41 Å². The molecule has 3 heteroatoms. The molecule has 17 heavy (non-hydrogen) atoms. The Hall–Kier alpha value is -0.570. The molecule has 1 amide bonds. The standard InChI is InChI=1S/C14H26N2O/c1-14(2,3)8-6-13(17)16-9-7-11-4-5-12(10-16)15-11/h11-12,15H,4-10H2,1-3H3. The highest BCUT2D eigenvalue weighted by molar-refractivity contribution is 5.76. The van der Waals surface area contributed by atoms with E-state index >= 15 is 0 Å². The molecule has 2 aliphatic rings. The first-order chi connectivity index (χ1) is 7.94. The van der Waals surface area contributed by atoms with Crippen LogP contribution in [0.5, 0.6) is 0 Å². The maximum absolute atomic E-state index is 12.2. The van der Waals surface area contributed by atoms with E-state index in [1.165, 1.54) is 12.8 Å². The van der Waals surface area contributed by atoms with Crippen molar-refractivity contribution >= 4 is 5.91 Å². The third-order valence-corrected chi connectivity index (χ3v) is 3.96. The molecule has 2 fully saturated rings. The van der Waals surface area contributed by atoms with E-state index in [0.717, 1.165) is 25.9 Å². The fourth-order valence-corrected chi connectivity index (χ4v) is 2.81. The number of hydrogen-bond acceptors (Lipinski definition) is 2. The molecule has 98 valence electrons. The molecule has 0 aliphatic carbocycles. The van der Waals surface area contributed by atoms with Gasteiger partial charge in [0.2, 0.25) is 5.91 Å². The molecule has 2 unspecified atom stereocenters. The van der Waals surface area contributed by atoms with Crippen molar-refractivity contribution < 1.29 is 4.79 Å². The fourth-order valence-electron chi connectivity index (χ4n) is 2.81. The molecule has 0 aromatic heterocycles. The van der Waals surface area contributed by atoms with Crippen molar-refractivity contribution in [1.82, 2.24) is 10.2 Å².